The number of ether oxygens (including phenoxy) is 1. The maximum Gasteiger partial charge on any atom is 0.248 e. The Morgan fingerprint density at radius 2 is 2.27 bits per heavy atom. The minimum atomic E-state index is 0.0148. The highest BCUT2D eigenvalue weighted by atomic mass is 32.1. The van der Waals surface area contributed by atoms with Crippen LogP contribution in [-0.4, -0.2) is 41.5 Å². The molecule has 0 spiro atoms. The molecule has 2 aliphatic rings. The number of hydrogen-bond donors (Lipinski definition) is 1. The number of anilines is 1. The smallest absolute Gasteiger partial charge is 0.248 e. The summed E-state index contributed by atoms with van der Waals surface area (Å²) >= 11 is 1.48. The molecule has 0 bridgehead atoms. The van der Waals surface area contributed by atoms with E-state index in [0.29, 0.717) is 24.8 Å². The lowest BCUT2D eigenvalue weighted by atomic mass is 9.85. The Morgan fingerprint density at radius 1 is 1.45 bits per heavy atom. The second-order valence-electron chi connectivity index (χ2n) is 5.71. The summed E-state index contributed by atoms with van der Waals surface area (Å²) in [6.07, 6.45) is 3.85. The summed E-state index contributed by atoms with van der Waals surface area (Å²) in [5.41, 5.74) is 1.01. The monoisotopic (exact) mass is 323 g/mol. The van der Waals surface area contributed by atoms with E-state index in [0.717, 1.165) is 36.3 Å². The molecule has 7 heteroatoms. The van der Waals surface area contributed by atoms with Crippen LogP contribution in [0.15, 0.2) is 0 Å². The summed E-state index contributed by atoms with van der Waals surface area (Å²) in [5.74, 6) is 0.257. The lowest BCUT2D eigenvalue weighted by Gasteiger charge is -2.25. The van der Waals surface area contributed by atoms with E-state index in [1.54, 1.807) is 4.90 Å². The van der Waals surface area contributed by atoms with Crippen molar-refractivity contribution in [2.45, 2.75) is 39.2 Å². The maximum atomic E-state index is 12.0. The Morgan fingerprint density at radius 3 is 2.95 bits per heavy atom. The van der Waals surface area contributed by atoms with Crippen LogP contribution < -0.4 is 5.32 Å². The molecule has 2 amide bonds. The summed E-state index contributed by atoms with van der Waals surface area (Å²) in [7, 11) is 0. The first-order chi connectivity index (χ1) is 10.7. The molecule has 22 heavy (non-hydrogen) atoms. The highest BCUT2D eigenvalue weighted by Crippen LogP contribution is 2.31. The summed E-state index contributed by atoms with van der Waals surface area (Å²) in [6.45, 7) is 3.79. The van der Waals surface area contributed by atoms with Gasteiger partial charge in [-0.1, -0.05) is 17.8 Å². The van der Waals surface area contributed by atoms with Crippen LogP contribution in [-0.2, 0) is 27.3 Å². The number of carbonyl (C=O) groups excluding carboxylic acids is 2. The molecule has 0 unspecified atom stereocenters. The van der Waals surface area contributed by atoms with Crippen molar-refractivity contribution in [1.82, 2.24) is 9.88 Å². The van der Waals surface area contributed by atoms with E-state index < -0.39 is 0 Å². The normalized spacial score (nSPS) is 17.8. The molecule has 0 atom stereocenters. The largest absolute Gasteiger partial charge is 0.372 e. The van der Waals surface area contributed by atoms with Crippen LogP contribution in [0.3, 0.4) is 0 Å². The van der Waals surface area contributed by atoms with Crippen LogP contribution in [0.4, 0.5) is 5.13 Å². The van der Waals surface area contributed by atoms with Crippen molar-refractivity contribution in [2.24, 2.45) is 5.92 Å². The van der Waals surface area contributed by atoms with E-state index in [2.05, 4.69) is 10.3 Å². The van der Waals surface area contributed by atoms with Crippen LogP contribution in [0.5, 0.6) is 0 Å². The molecule has 1 aromatic heterocycles. The van der Waals surface area contributed by atoms with E-state index in [9.17, 15) is 9.59 Å². The van der Waals surface area contributed by atoms with Crippen LogP contribution in [0, 0.1) is 5.92 Å². The highest BCUT2D eigenvalue weighted by molar-refractivity contribution is 7.15. The number of amides is 2. The lowest BCUT2D eigenvalue weighted by Crippen LogP contribution is -2.37. The molecule has 0 aromatic carbocycles. The van der Waals surface area contributed by atoms with Crippen LogP contribution in [0.1, 0.15) is 36.8 Å². The Labute approximate surface area is 133 Å². The third-order valence-corrected chi connectivity index (χ3v) is 5.22. The van der Waals surface area contributed by atoms with E-state index in [4.69, 9.17) is 4.74 Å². The second kappa shape index (κ2) is 6.75. The first-order valence-corrected chi connectivity index (χ1v) is 8.64. The van der Waals surface area contributed by atoms with Crippen molar-refractivity contribution in [2.75, 3.05) is 25.1 Å². The van der Waals surface area contributed by atoms with Gasteiger partial charge < -0.3 is 15.0 Å². The molecule has 1 saturated carbocycles. The fourth-order valence-electron chi connectivity index (χ4n) is 2.62. The van der Waals surface area contributed by atoms with Crippen LogP contribution in [0.2, 0.25) is 0 Å². The Balaban J connectivity index is 1.60. The fraction of sp³-hybridized carbons (Fsp3) is 0.667. The van der Waals surface area contributed by atoms with E-state index in [1.807, 2.05) is 6.92 Å². The van der Waals surface area contributed by atoms with Crippen LogP contribution >= 0.6 is 11.3 Å². The zero-order valence-corrected chi connectivity index (χ0v) is 13.6. The van der Waals surface area contributed by atoms with Gasteiger partial charge in [0.25, 0.3) is 0 Å². The van der Waals surface area contributed by atoms with Crippen molar-refractivity contribution in [1.29, 1.82) is 0 Å². The number of aromatic nitrogens is 1. The SMILES string of the molecule is CCOCC(=O)N1CCc2nc(NC(=O)C3CCC3)sc2C1. The van der Waals surface area contributed by atoms with Gasteiger partial charge in [-0.3, -0.25) is 9.59 Å². The number of rotatable bonds is 5. The summed E-state index contributed by atoms with van der Waals surface area (Å²) in [4.78, 5) is 31.3. The molecule has 120 valence electrons. The zero-order chi connectivity index (χ0) is 15.5. The van der Waals surface area contributed by atoms with E-state index >= 15 is 0 Å². The summed E-state index contributed by atoms with van der Waals surface area (Å²) < 4.78 is 5.18. The predicted molar refractivity (Wildman–Crippen MR) is 83.7 cm³/mol. The first kappa shape index (κ1) is 15.4. The average molecular weight is 323 g/mol. The molecule has 3 rings (SSSR count). The van der Waals surface area contributed by atoms with Gasteiger partial charge in [-0.25, -0.2) is 4.98 Å². The molecular formula is C15H21N3O3S. The standard InChI is InChI=1S/C15H21N3O3S/c1-2-21-9-13(19)18-7-6-11-12(8-18)22-15(16-11)17-14(20)10-4-3-5-10/h10H,2-9H2,1H3,(H,16,17,20). The molecule has 2 heterocycles. The third-order valence-electron chi connectivity index (χ3n) is 4.22. The first-order valence-electron chi connectivity index (χ1n) is 7.82. The lowest BCUT2D eigenvalue weighted by molar-refractivity contribution is -0.136. The molecule has 0 saturated heterocycles. The minimum Gasteiger partial charge on any atom is -0.372 e. The number of thiazole rings is 1. The Bertz CT molecular complexity index is 568. The van der Waals surface area contributed by atoms with Gasteiger partial charge in [0.15, 0.2) is 5.13 Å². The highest BCUT2D eigenvalue weighted by Gasteiger charge is 2.28. The molecule has 1 fully saturated rings. The van der Waals surface area contributed by atoms with Gasteiger partial charge >= 0.3 is 0 Å². The number of fused-ring (bicyclic) bond motifs is 1. The molecule has 0 radical (unpaired) electrons. The number of nitrogens with zero attached hydrogens (tertiary/aromatic N) is 2. The fourth-order valence-corrected chi connectivity index (χ4v) is 3.65. The minimum absolute atomic E-state index is 0.0148. The van der Waals surface area contributed by atoms with Gasteiger partial charge in [-0.2, -0.15) is 0 Å². The molecule has 1 aromatic rings. The van der Waals surface area contributed by atoms with E-state index in [1.165, 1.54) is 11.3 Å². The quantitative estimate of drug-likeness (QED) is 0.897. The summed E-state index contributed by atoms with van der Waals surface area (Å²) in [6, 6.07) is 0. The molecule has 1 N–H and O–H groups in total. The molecule has 6 nitrogen and oxygen atoms in total. The predicted octanol–water partition coefficient (Wildman–Crippen LogP) is 1.80. The number of hydrogen-bond acceptors (Lipinski definition) is 5. The van der Waals surface area contributed by atoms with Crippen molar-refractivity contribution >= 4 is 28.3 Å². The van der Waals surface area contributed by atoms with Gasteiger partial charge in [-0.05, 0) is 19.8 Å². The molecule has 1 aliphatic heterocycles. The Hall–Kier alpha value is -1.47. The van der Waals surface area contributed by atoms with Crippen molar-refractivity contribution in [3.8, 4) is 0 Å². The number of nitrogens with one attached hydrogen (secondary N) is 1. The van der Waals surface area contributed by atoms with Gasteiger partial charge in [0.1, 0.15) is 6.61 Å². The topological polar surface area (TPSA) is 71.5 Å². The molecule has 1 aliphatic carbocycles. The van der Waals surface area contributed by atoms with Crippen molar-refractivity contribution < 1.29 is 14.3 Å². The Kier molecular flexibility index (Phi) is 4.73. The van der Waals surface area contributed by atoms with Gasteiger partial charge in [0, 0.05) is 30.4 Å². The van der Waals surface area contributed by atoms with E-state index in [-0.39, 0.29) is 24.3 Å². The van der Waals surface area contributed by atoms with Gasteiger partial charge in [-0.15, -0.1) is 0 Å². The second-order valence-corrected chi connectivity index (χ2v) is 6.79. The van der Waals surface area contributed by atoms with Gasteiger partial charge in [0.2, 0.25) is 11.8 Å². The third kappa shape index (κ3) is 3.30. The van der Waals surface area contributed by atoms with Crippen molar-refractivity contribution in [3.05, 3.63) is 10.6 Å². The summed E-state index contributed by atoms with van der Waals surface area (Å²) in [5, 5.41) is 3.59. The van der Waals surface area contributed by atoms with Gasteiger partial charge in [0.05, 0.1) is 12.2 Å². The van der Waals surface area contributed by atoms with Crippen molar-refractivity contribution in [3.63, 3.8) is 0 Å². The number of carbonyl (C=O) groups is 2. The zero-order valence-electron chi connectivity index (χ0n) is 12.8. The average Bonchev–Trinajstić information content (AvgIpc) is 2.83. The van der Waals surface area contributed by atoms with Crippen LogP contribution in [0.25, 0.3) is 0 Å². The maximum absolute atomic E-state index is 12.0. The molecular weight excluding hydrogens is 302 g/mol.